The van der Waals surface area contributed by atoms with Crippen molar-refractivity contribution < 1.29 is 8.85 Å². The molecular formula is C19H21Cl3O2Si2. The first-order chi connectivity index (χ1) is 12.3. The normalized spacial score (nSPS) is 11.8. The second-order valence-corrected chi connectivity index (χ2v) is 19.0. The summed E-state index contributed by atoms with van der Waals surface area (Å²) in [6.45, 7) is 1.62. The Hall–Kier alpha value is -0.856. The van der Waals surface area contributed by atoms with E-state index in [4.69, 9.17) is 42.1 Å². The van der Waals surface area contributed by atoms with Crippen LogP contribution in [0.5, 0.6) is 0 Å². The Labute approximate surface area is 171 Å². The van der Waals surface area contributed by atoms with Gasteiger partial charge in [0.15, 0.2) is 0 Å². The maximum atomic E-state index is 5.92. The number of fused-ring (bicyclic) bond motifs is 1. The zero-order valence-electron chi connectivity index (χ0n) is 14.9. The highest BCUT2D eigenvalue weighted by Gasteiger charge is 2.40. The van der Waals surface area contributed by atoms with Gasteiger partial charge in [-0.25, -0.2) is 0 Å². The predicted molar refractivity (Wildman–Crippen MR) is 119 cm³/mol. The third kappa shape index (κ3) is 5.57. The number of halogens is 3. The fourth-order valence-electron chi connectivity index (χ4n) is 2.77. The Morgan fingerprint density at radius 2 is 1.15 bits per heavy atom. The van der Waals surface area contributed by atoms with Crippen LogP contribution in [-0.4, -0.2) is 28.8 Å². The van der Waals surface area contributed by atoms with Crippen LogP contribution in [0.3, 0.4) is 0 Å². The molecular weight excluding hydrogens is 423 g/mol. The Kier molecular flexibility index (Phi) is 7.73. The monoisotopic (exact) mass is 442 g/mol. The van der Waals surface area contributed by atoms with Gasteiger partial charge in [-0.15, -0.1) is 33.2 Å². The van der Waals surface area contributed by atoms with Gasteiger partial charge in [-0.2, -0.15) is 0 Å². The fourth-order valence-corrected chi connectivity index (χ4v) is 5.50. The molecule has 0 fully saturated rings. The van der Waals surface area contributed by atoms with Gasteiger partial charge in [0.1, 0.15) is 0 Å². The van der Waals surface area contributed by atoms with Gasteiger partial charge in [-0.3, -0.25) is 0 Å². The van der Waals surface area contributed by atoms with E-state index < -0.39 is 14.6 Å². The summed E-state index contributed by atoms with van der Waals surface area (Å²) in [7, 11) is 0.855. The summed E-state index contributed by atoms with van der Waals surface area (Å²) in [5.74, 6) is 0. The van der Waals surface area contributed by atoms with Crippen molar-refractivity contribution in [1.82, 2.24) is 0 Å². The lowest BCUT2D eigenvalue weighted by Crippen LogP contribution is -2.62. The first-order valence-electron chi connectivity index (χ1n) is 8.02. The van der Waals surface area contributed by atoms with Crippen LogP contribution in [0.1, 0.15) is 0 Å². The molecule has 0 saturated heterocycles. The molecule has 0 aliphatic heterocycles. The van der Waals surface area contributed by atoms with E-state index in [1.165, 1.54) is 10.8 Å². The van der Waals surface area contributed by atoms with Crippen molar-refractivity contribution in [2.45, 2.75) is 6.55 Å². The van der Waals surface area contributed by atoms with E-state index in [9.17, 15) is 0 Å². The molecule has 0 atom stereocenters. The summed E-state index contributed by atoms with van der Waals surface area (Å²) in [6, 6.07) is 22.8. The molecule has 26 heavy (non-hydrogen) atoms. The van der Waals surface area contributed by atoms with Gasteiger partial charge in [-0.05, 0) is 27.7 Å². The highest BCUT2D eigenvalue weighted by atomic mass is 35.8. The molecule has 0 aliphatic rings. The van der Waals surface area contributed by atoms with Gasteiger partial charge in [0.05, 0.1) is 0 Å². The van der Waals surface area contributed by atoms with Crippen LogP contribution in [0.4, 0.5) is 0 Å². The Bertz CT molecular complexity index is 829. The summed E-state index contributed by atoms with van der Waals surface area (Å²) in [5.41, 5.74) is 0. The van der Waals surface area contributed by atoms with E-state index in [1.54, 1.807) is 20.8 Å². The Morgan fingerprint density at radius 3 is 1.69 bits per heavy atom. The molecule has 0 bridgehead atoms. The molecule has 0 aliphatic carbocycles. The molecule has 2 nitrogen and oxygen atoms in total. The lowest BCUT2D eigenvalue weighted by atomic mass is 10.1. The minimum Gasteiger partial charge on any atom is -0.391 e. The van der Waals surface area contributed by atoms with Crippen LogP contribution >= 0.6 is 33.2 Å². The molecule has 3 rings (SSSR count). The van der Waals surface area contributed by atoms with E-state index in [1.807, 2.05) is 18.2 Å². The van der Waals surface area contributed by atoms with Crippen molar-refractivity contribution in [3.05, 3.63) is 72.8 Å². The smallest absolute Gasteiger partial charge is 0.391 e. The van der Waals surface area contributed by atoms with Gasteiger partial charge in [-0.1, -0.05) is 72.8 Å². The van der Waals surface area contributed by atoms with E-state index in [0.717, 1.165) is 10.4 Å². The molecule has 0 radical (unpaired) electrons. The zero-order chi connectivity index (χ0) is 19.2. The van der Waals surface area contributed by atoms with Crippen molar-refractivity contribution in [3.8, 4) is 0 Å². The van der Waals surface area contributed by atoms with Crippen LogP contribution in [0.2, 0.25) is 6.55 Å². The van der Waals surface area contributed by atoms with Crippen molar-refractivity contribution in [2.75, 3.05) is 14.2 Å². The summed E-state index contributed by atoms with van der Waals surface area (Å²) >= 11 is 15.6. The molecule has 0 amide bonds. The third-order valence-electron chi connectivity index (χ3n) is 3.86. The molecule has 0 N–H and O–H groups in total. The van der Waals surface area contributed by atoms with Crippen molar-refractivity contribution in [1.29, 1.82) is 0 Å². The molecule has 0 heterocycles. The first-order valence-corrected chi connectivity index (χ1v) is 15.4. The van der Waals surface area contributed by atoms with E-state index >= 15 is 0 Å². The highest BCUT2D eigenvalue weighted by Crippen LogP contribution is 2.17. The maximum absolute atomic E-state index is 5.92. The summed E-state index contributed by atoms with van der Waals surface area (Å²) in [5, 5.41) is 4.67. The molecule has 0 saturated carbocycles. The predicted octanol–water partition coefficient (Wildman–Crippen LogP) is 4.96. The Balaban J connectivity index is 0.000000431. The second-order valence-electron chi connectivity index (χ2n) is 5.73. The van der Waals surface area contributed by atoms with Crippen molar-refractivity contribution >= 4 is 68.9 Å². The lowest BCUT2D eigenvalue weighted by molar-refractivity contribution is 0.273. The van der Waals surface area contributed by atoms with Crippen LogP contribution in [0, 0.1) is 0 Å². The molecule has 3 aromatic rings. The van der Waals surface area contributed by atoms with Crippen molar-refractivity contribution in [2.24, 2.45) is 0 Å². The van der Waals surface area contributed by atoms with Crippen LogP contribution < -0.4 is 10.4 Å². The maximum Gasteiger partial charge on any atom is 0.406 e. The van der Waals surface area contributed by atoms with E-state index in [2.05, 4.69) is 54.6 Å². The molecule has 138 valence electrons. The van der Waals surface area contributed by atoms with Crippen molar-refractivity contribution in [3.63, 3.8) is 0 Å². The van der Waals surface area contributed by atoms with Gasteiger partial charge in [0.25, 0.3) is 0 Å². The van der Waals surface area contributed by atoms with Crippen LogP contribution in [0.25, 0.3) is 10.8 Å². The minimum atomic E-state index is -2.61. The lowest BCUT2D eigenvalue weighted by Gasteiger charge is -2.28. The largest absolute Gasteiger partial charge is 0.406 e. The number of hydrogen-bond donors (Lipinski definition) is 0. The molecule has 0 spiro atoms. The zero-order valence-corrected chi connectivity index (χ0v) is 19.1. The van der Waals surface area contributed by atoms with E-state index in [0.29, 0.717) is 0 Å². The standard InChI is InChI=1S/C18H18O2Si.CH3Cl3Si/c1-19-21(20-2,17-10-4-3-5-11-17)18-13-12-15-8-6-7-9-16(15)14-18;1-5(2,3)4/h3-14H,1-2H3;1H3. The second kappa shape index (κ2) is 9.37. The van der Waals surface area contributed by atoms with Gasteiger partial charge < -0.3 is 8.85 Å². The minimum absolute atomic E-state index is 1.12. The van der Waals surface area contributed by atoms with Gasteiger partial charge in [0.2, 0.25) is 0 Å². The Morgan fingerprint density at radius 1 is 0.654 bits per heavy atom. The molecule has 0 unspecified atom stereocenters. The third-order valence-corrected chi connectivity index (χ3v) is 7.17. The molecule has 7 heteroatoms. The average Bonchev–Trinajstić information content (AvgIpc) is 2.63. The fraction of sp³-hybridized carbons (Fsp3) is 0.158. The van der Waals surface area contributed by atoms with Crippen LogP contribution in [-0.2, 0) is 8.85 Å². The average molecular weight is 444 g/mol. The summed E-state index contributed by atoms with van der Waals surface area (Å²) < 4.78 is 11.8. The number of rotatable bonds is 4. The molecule has 0 aromatic heterocycles. The van der Waals surface area contributed by atoms with E-state index in [-0.39, 0.29) is 0 Å². The number of benzene rings is 3. The topological polar surface area (TPSA) is 18.5 Å². The van der Waals surface area contributed by atoms with Gasteiger partial charge in [0, 0.05) is 14.2 Å². The SMILES string of the molecule is CO[Si](OC)(c1ccccc1)c1ccc2ccccc2c1.C[Si](Cl)(Cl)Cl. The summed E-state index contributed by atoms with van der Waals surface area (Å²) in [4.78, 5) is 0. The van der Waals surface area contributed by atoms with Gasteiger partial charge >= 0.3 is 14.6 Å². The number of hydrogen-bond acceptors (Lipinski definition) is 2. The van der Waals surface area contributed by atoms with Crippen LogP contribution in [0.15, 0.2) is 72.8 Å². The summed E-state index contributed by atoms with van der Waals surface area (Å²) in [6.07, 6.45) is 0. The quantitative estimate of drug-likeness (QED) is 0.419. The molecule has 3 aromatic carbocycles. The highest BCUT2D eigenvalue weighted by molar-refractivity contribution is 7.64. The first kappa shape index (κ1) is 21.4.